The molecule has 0 unspecified atom stereocenters. The Labute approximate surface area is 187 Å². The molecule has 0 fully saturated rings. The van der Waals surface area contributed by atoms with Crippen molar-refractivity contribution in [2.45, 2.75) is 5.16 Å². The van der Waals surface area contributed by atoms with Gasteiger partial charge in [-0.05, 0) is 18.2 Å². The number of halogens is 1. The van der Waals surface area contributed by atoms with E-state index >= 15 is 0 Å². The van der Waals surface area contributed by atoms with Gasteiger partial charge in [0.2, 0.25) is 11.1 Å². The topological polar surface area (TPSA) is 129 Å². The van der Waals surface area contributed by atoms with Crippen LogP contribution in [0.3, 0.4) is 0 Å². The minimum Gasteiger partial charge on any atom is -0.497 e. The fraction of sp³-hybridized carbons (Fsp3) is 0.158. The lowest BCUT2D eigenvalue weighted by molar-refractivity contribution is -0.113. The number of aromatic nitrogens is 3. The molecule has 3 rings (SSSR count). The summed E-state index contributed by atoms with van der Waals surface area (Å²) in [7, 11) is 3.07. The standard InChI is InChI=1S/C19H20ClN7O3S/c1-29-13-7-8-15(16(9-13)30-2)23-17(28)11-31-19-26-25-18(27(19)21)24-22-10-12-5-3-4-6-14(12)20/h3-10H,11,21H2,1-2H3,(H,23,28)(H,24,25)/b22-10+. The summed E-state index contributed by atoms with van der Waals surface area (Å²) in [5.74, 6) is 7.10. The second-order valence-corrected chi connectivity index (χ2v) is 7.32. The molecule has 0 saturated heterocycles. The number of carbonyl (C=O) groups excluding carboxylic acids is 1. The van der Waals surface area contributed by atoms with E-state index in [9.17, 15) is 4.79 Å². The monoisotopic (exact) mass is 461 g/mol. The summed E-state index contributed by atoms with van der Waals surface area (Å²) in [6.45, 7) is 0. The van der Waals surface area contributed by atoms with E-state index < -0.39 is 0 Å². The lowest BCUT2D eigenvalue weighted by atomic mass is 10.2. The maximum atomic E-state index is 12.3. The summed E-state index contributed by atoms with van der Waals surface area (Å²) in [5.41, 5.74) is 3.96. The molecule has 2 aromatic carbocycles. The number of hydrogen-bond acceptors (Lipinski definition) is 9. The van der Waals surface area contributed by atoms with Crippen LogP contribution in [0.1, 0.15) is 5.56 Å². The van der Waals surface area contributed by atoms with Crippen molar-refractivity contribution >= 4 is 47.1 Å². The average Bonchev–Trinajstić information content (AvgIpc) is 3.13. The normalized spacial score (nSPS) is 10.8. The Bertz CT molecular complexity index is 1090. The zero-order valence-electron chi connectivity index (χ0n) is 16.7. The molecule has 0 aliphatic rings. The highest BCUT2D eigenvalue weighted by atomic mass is 35.5. The second kappa shape index (κ2) is 10.5. The summed E-state index contributed by atoms with van der Waals surface area (Å²) in [6.07, 6.45) is 1.54. The van der Waals surface area contributed by atoms with E-state index in [1.807, 2.05) is 18.2 Å². The summed E-state index contributed by atoms with van der Waals surface area (Å²) in [5, 5.41) is 15.6. The van der Waals surface area contributed by atoms with Gasteiger partial charge in [0.15, 0.2) is 0 Å². The van der Waals surface area contributed by atoms with Gasteiger partial charge in [-0.3, -0.25) is 4.79 Å². The van der Waals surface area contributed by atoms with Crippen molar-refractivity contribution in [3.05, 3.63) is 53.1 Å². The van der Waals surface area contributed by atoms with Gasteiger partial charge >= 0.3 is 0 Å². The first-order valence-corrected chi connectivity index (χ1v) is 10.3. The lowest BCUT2D eigenvalue weighted by Crippen LogP contribution is -2.17. The van der Waals surface area contributed by atoms with Crippen molar-refractivity contribution in [3.63, 3.8) is 0 Å². The Morgan fingerprint density at radius 1 is 1.26 bits per heavy atom. The highest BCUT2D eigenvalue weighted by Crippen LogP contribution is 2.29. The van der Waals surface area contributed by atoms with Crippen LogP contribution in [0.2, 0.25) is 5.02 Å². The first-order valence-electron chi connectivity index (χ1n) is 8.90. The largest absolute Gasteiger partial charge is 0.497 e. The van der Waals surface area contributed by atoms with Crippen LogP contribution < -0.4 is 26.1 Å². The quantitative estimate of drug-likeness (QED) is 0.192. The Morgan fingerprint density at radius 3 is 2.81 bits per heavy atom. The molecule has 1 aromatic heterocycles. The fourth-order valence-corrected chi connectivity index (χ4v) is 3.25. The third-order valence-corrected chi connectivity index (χ3v) is 5.24. The van der Waals surface area contributed by atoms with Crippen LogP contribution in [0.25, 0.3) is 0 Å². The molecule has 0 aliphatic carbocycles. The van der Waals surface area contributed by atoms with Crippen LogP contribution in [-0.2, 0) is 4.79 Å². The van der Waals surface area contributed by atoms with Crippen LogP contribution in [0, 0.1) is 0 Å². The van der Waals surface area contributed by atoms with Crippen LogP contribution in [0.15, 0.2) is 52.7 Å². The van der Waals surface area contributed by atoms with Gasteiger partial charge in [0.1, 0.15) is 11.5 Å². The number of benzene rings is 2. The van der Waals surface area contributed by atoms with E-state index in [0.29, 0.717) is 27.4 Å². The van der Waals surface area contributed by atoms with Gasteiger partial charge in [-0.15, -0.1) is 10.2 Å². The average molecular weight is 462 g/mol. The number of anilines is 2. The van der Waals surface area contributed by atoms with Gasteiger partial charge in [-0.1, -0.05) is 41.6 Å². The Balaban J connectivity index is 1.56. The third-order valence-electron chi connectivity index (χ3n) is 3.95. The summed E-state index contributed by atoms with van der Waals surface area (Å²) >= 11 is 7.19. The number of rotatable bonds is 9. The molecule has 1 heterocycles. The van der Waals surface area contributed by atoms with Crippen molar-refractivity contribution in [1.82, 2.24) is 14.9 Å². The Hall–Kier alpha value is -3.44. The molecule has 10 nitrogen and oxygen atoms in total. The molecule has 0 aliphatic heterocycles. The number of carbonyl (C=O) groups is 1. The van der Waals surface area contributed by atoms with Gasteiger partial charge in [0.25, 0.3) is 5.95 Å². The molecule has 0 spiro atoms. The maximum absolute atomic E-state index is 12.3. The summed E-state index contributed by atoms with van der Waals surface area (Å²) in [6, 6.07) is 12.4. The molecule has 3 aromatic rings. The van der Waals surface area contributed by atoms with E-state index in [2.05, 4.69) is 26.0 Å². The smallest absolute Gasteiger partial charge is 0.264 e. The molecule has 1 amide bonds. The fourth-order valence-electron chi connectivity index (χ4n) is 2.41. The zero-order valence-corrected chi connectivity index (χ0v) is 18.3. The van der Waals surface area contributed by atoms with Crippen molar-refractivity contribution in [3.8, 4) is 11.5 Å². The molecule has 162 valence electrons. The number of methoxy groups -OCH3 is 2. The third kappa shape index (κ3) is 5.80. The van der Waals surface area contributed by atoms with Gasteiger partial charge < -0.3 is 20.6 Å². The Morgan fingerprint density at radius 2 is 2.06 bits per heavy atom. The number of hydrazone groups is 1. The minimum atomic E-state index is -0.261. The van der Waals surface area contributed by atoms with Crippen LogP contribution in [0.4, 0.5) is 11.6 Å². The van der Waals surface area contributed by atoms with Crippen molar-refractivity contribution < 1.29 is 14.3 Å². The number of hydrogen-bond donors (Lipinski definition) is 3. The Kier molecular flexibility index (Phi) is 7.57. The van der Waals surface area contributed by atoms with Gasteiger partial charge in [-0.25, -0.2) is 10.1 Å². The number of thioether (sulfide) groups is 1. The first kappa shape index (κ1) is 22.2. The molecule has 31 heavy (non-hydrogen) atoms. The van der Waals surface area contributed by atoms with Crippen LogP contribution in [0.5, 0.6) is 11.5 Å². The van der Waals surface area contributed by atoms with Crippen LogP contribution in [-0.4, -0.2) is 47.0 Å². The van der Waals surface area contributed by atoms with Crippen molar-refractivity contribution in [1.29, 1.82) is 0 Å². The minimum absolute atomic E-state index is 0.0629. The predicted molar refractivity (Wildman–Crippen MR) is 122 cm³/mol. The highest BCUT2D eigenvalue weighted by molar-refractivity contribution is 7.99. The van der Waals surface area contributed by atoms with E-state index in [0.717, 1.165) is 17.3 Å². The molecular formula is C19H20ClN7O3S. The SMILES string of the molecule is COc1ccc(NC(=O)CSc2nnc(N/N=C/c3ccccc3Cl)n2N)c(OC)c1. The molecule has 0 bridgehead atoms. The number of nitrogens with two attached hydrogens (primary N) is 1. The molecule has 12 heteroatoms. The second-order valence-electron chi connectivity index (χ2n) is 5.97. The number of nitrogen functional groups attached to an aromatic ring is 1. The van der Waals surface area contributed by atoms with Gasteiger partial charge in [-0.2, -0.15) is 5.10 Å². The number of nitrogens with one attached hydrogen (secondary N) is 2. The number of nitrogens with zero attached hydrogens (tertiary/aromatic N) is 4. The van der Waals surface area contributed by atoms with E-state index in [4.69, 9.17) is 26.9 Å². The van der Waals surface area contributed by atoms with Crippen molar-refractivity contribution in [2.75, 3.05) is 36.6 Å². The van der Waals surface area contributed by atoms with Gasteiger partial charge in [0.05, 0.1) is 31.9 Å². The van der Waals surface area contributed by atoms with Crippen LogP contribution >= 0.6 is 23.4 Å². The highest BCUT2D eigenvalue weighted by Gasteiger charge is 2.14. The van der Waals surface area contributed by atoms with E-state index in [1.165, 1.54) is 11.8 Å². The molecule has 0 saturated carbocycles. The maximum Gasteiger partial charge on any atom is 0.264 e. The van der Waals surface area contributed by atoms with E-state index in [1.54, 1.807) is 37.6 Å². The first-order chi connectivity index (χ1) is 15.0. The van der Waals surface area contributed by atoms with Gasteiger partial charge in [0, 0.05) is 16.7 Å². The molecule has 0 radical (unpaired) electrons. The number of ether oxygens (including phenoxy) is 2. The lowest BCUT2D eigenvalue weighted by Gasteiger charge is -2.11. The van der Waals surface area contributed by atoms with Crippen molar-refractivity contribution in [2.24, 2.45) is 5.10 Å². The summed E-state index contributed by atoms with van der Waals surface area (Å²) < 4.78 is 11.6. The number of amides is 1. The molecule has 0 atom stereocenters. The predicted octanol–water partition coefficient (Wildman–Crippen LogP) is 2.84. The van der Waals surface area contributed by atoms with E-state index in [-0.39, 0.29) is 17.6 Å². The summed E-state index contributed by atoms with van der Waals surface area (Å²) in [4.78, 5) is 12.3. The molecule has 4 N–H and O–H groups in total. The zero-order chi connectivity index (χ0) is 22.2. The molecular weight excluding hydrogens is 442 g/mol.